The summed E-state index contributed by atoms with van der Waals surface area (Å²) in [5.74, 6) is 0. The van der Waals surface area contributed by atoms with Gasteiger partial charge in [0, 0.05) is 24.4 Å². The molecule has 31 heavy (non-hydrogen) atoms. The van der Waals surface area contributed by atoms with Gasteiger partial charge in [-0.05, 0) is 36.6 Å². The zero-order valence-corrected chi connectivity index (χ0v) is 18.2. The minimum absolute atomic E-state index is 0.101. The molecule has 0 unspecified atom stereocenters. The predicted molar refractivity (Wildman–Crippen MR) is 120 cm³/mol. The molecular formula is C23H24ClN5O2. The highest BCUT2D eigenvalue weighted by molar-refractivity contribution is 6.30. The lowest BCUT2D eigenvalue weighted by Crippen LogP contribution is -2.25. The number of rotatable bonds is 4. The van der Waals surface area contributed by atoms with Crippen molar-refractivity contribution < 1.29 is 4.74 Å². The fraction of sp³-hybridized carbons (Fsp3) is 0.391. The molecule has 1 aliphatic carbocycles. The second kappa shape index (κ2) is 8.40. The first-order chi connectivity index (χ1) is 15.2. The third kappa shape index (κ3) is 3.62. The Morgan fingerprint density at radius 1 is 1.06 bits per heavy atom. The summed E-state index contributed by atoms with van der Waals surface area (Å²) in [5.41, 5.74) is 3.97. The number of nitrogens with zero attached hydrogens (tertiary/aromatic N) is 5. The summed E-state index contributed by atoms with van der Waals surface area (Å²) in [5, 5.41) is 14.2. The Bertz CT molecular complexity index is 1290. The van der Waals surface area contributed by atoms with Crippen LogP contribution >= 0.6 is 11.6 Å². The first-order valence-corrected chi connectivity index (χ1v) is 11.1. The summed E-state index contributed by atoms with van der Waals surface area (Å²) in [4.78, 5) is 13.3. The van der Waals surface area contributed by atoms with E-state index in [2.05, 4.69) is 10.2 Å². The van der Waals surface area contributed by atoms with Crippen LogP contribution in [0, 0.1) is 0 Å². The SMILES string of the molecule is COCc1nn2c(nnc3c(=O)n(C4CCCCCC4)ccc32)c1-c1ccc(Cl)cc1. The second-order valence-electron chi connectivity index (χ2n) is 8.10. The maximum absolute atomic E-state index is 13.3. The highest BCUT2D eigenvalue weighted by Gasteiger charge is 2.21. The van der Waals surface area contributed by atoms with Gasteiger partial charge in [-0.1, -0.05) is 49.4 Å². The van der Waals surface area contributed by atoms with Gasteiger partial charge in [-0.2, -0.15) is 5.10 Å². The smallest absolute Gasteiger partial charge is 0.280 e. The van der Waals surface area contributed by atoms with Crippen molar-refractivity contribution in [3.05, 3.63) is 57.6 Å². The molecule has 1 fully saturated rings. The van der Waals surface area contributed by atoms with E-state index in [0.717, 1.165) is 42.5 Å². The summed E-state index contributed by atoms with van der Waals surface area (Å²) in [6.45, 7) is 0.321. The maximum atomic E-state index is 13.3. The van der Waals surface area contributed by atoms with Crippen LogP contribution in [0.3, 0.4) is 0 Å². The van der Waals surface area contributed by atoms with E-state index >= 15 is 0 Å². The van der Waals surface area contributed by atoms with Crippen molar-refractivity contribution >= 4 is 28.3 Å². The van der Waals surface area contributed by atoms with Crippen LogP contribution in [0.1, 0.15) is 50.3 Å². The van der Waals surface area contributed by atoms with Crippen molar-refractivity contribution in [1.82, 2.24) is 24.4 Å². The largest absolute Gasteiger partial charge is 0.378 e. The molecule has 160 valence electrons. The Labute approximate surface area is 184 Å². The molecule has 0 radical (unpaired) electrons. The maximum Gasteiger partial charge on any atom is 0.280 e. The van der Waals surface area contributed by atoms with Crippen LogP contribution in [-0.4, -0.2) is 31.5 Å². The molecule has 0 spiro atoms. The summed E-state index contributed by atoms with van der Waals surface area (Å²) in [7, 11) is 1.63. The molecule has 1 aliphatic rings. The number of benzene rings is 1. The lowest BCUT2D eigenvalue weighted by Gasteiger charge is -2.17. The first kappa shape index (κ1) is 20.2. The lowest BCUT2D eigenvalue weighted by molar-refractivity contribution is 0.181. The molecular weight excluding hydrogens is 414 g/mol. The van der Waals surface area contributed by atoms with Crippen molar-refractivity contribution in [2.24, 2.45) is 0 Å². The van der Waals surface area contributed by atoms with Crippen LogP contribution in [0.25, 0.3) is 27.8 Å². The van der Waals surface area contributed by atoms with Gasteiger partial charge >= 0.3 is 0 Å². The van der Waals surface area contributed by atoms with E-state index in [9.17, 15) is 4.79 Å². The van der Waals surface area contributed by atoms with Gasteiger partial charge in [0.25, 0.3) is 5.56 Å². The third-order valence-corrected chi connectivity index (χ3v) is 6.36. The molecule has 5 rings (SSSR count). The highest BCUT2D eigenvalue weighted by atomic mass is 35.5. The number of aromatic nitrogens is 5. The fourth-order valence-corrected chi connectivity index (χ4v) is 4.70. The van der Waals surface area contributed by atoms with Crippen LogP contribution in [0.15, 0.2) is 41.3 Å². The van der Waals surface area contributed by atoms with Gasteiger partial charge in [0.05, 0.1) is 17.9 Å². The molecule has 0 saturated heterocycles. The van der Waals surface area contributed by atoms with Crippen molar-refractivity contribution in [2.75, 3.05) is 7.11 Å². The van der Waals surface area contributed by atoms with Gasteiger partial charge in [-0.25, -0.2) is 4.52 Å². The lowest BCUT2D eigenvalue weighted by atomic mass is 10.1. The van der Waals surface area contributed by atoms with E-state index in [1.807, 2.05) is 41.1 Å². The standard InChI is InChI=1S/C23H24ClN5O2/c1-31-14-18-20(15-8-10-16(24)11-9-15)22-26-25-21-19(29(22)27-18)12-13-28(23(21)30)17-6-4-2-3-5-7-17/h8-13,17H,2-7,14H2,1H3. The number of pyridine rings is 1. The molecule has 7 nitrogen and oxygen atoms in total. The number of ether oxygens (including phenoxy) is 1. The van der Waals surface area contributed by atoms with Gasteiger partial charge in [-0.15, -0.1) is 10.2 Å². The Morgan fingerprint density at radius 2 is 1.81 bits per heavy atom. The highest BCUT2D eigenvalue weighted by Crippen LogP contribution is 2.31. The van der Waals surface area contributed by atoms with Crippen LogP contribution < -0.4 is 5.56 Å². The normalized spacial score (nSPS) is 15.5. The molecule has 0 amide bonds. The number of hydrogen-bond acceptors (Lipinski definition) is 5. The number of methoxy groups -OCH3 is 1. The van der Waals surface area contributed by atoms with Crippen LogP contribution in [-0.2, 0) is 11.3 Å². The Hall–Kier alpha value is -2.77. The average molecular weight is 438 g/mol. The number of fused-ring (bicyclic) bond motifs is 3. The van der Waals surface area contributed by atoms with E-state index in [-0.39, 0.29) is 11.6 Å². The Balaban J connectivity index is 1.69. The van der Waals surface area contributed by atoms with Gasteiger partial charge in [0.15, 0.2) is 11.2 Å². The molecule has 3 aromatic heterocycles. The number of halogens is 1. The van der Waals surface area contributed by atoms with Crippen molar-refractivity contribution in [1.29, 1.82) is 0 Å². The molecule has 0 bridgehead atoms. The quantitative estimate of drug-likeness (QED) is 0.428. The minimum atomic E-state index is -0.101. The molecule has 0 atom stereocenters. The zero-order chi connectivity index (χ0) is 21.4. The molecule has 4 aromatic rings. The molecule has 1 aromatic carbocycles. The minimum Gasteiger partial charge on any atom is -0.378 e. The van der Waals surface area contributed by atoms with Crippen LogP contribution in [0.4, 0.5) is 0 Å². The zero-order valence-electron chi connectivity index (χ0n) is 17.4. The molecule has 3 heterocycles. The average Bonchev–Trinajstić information content (AvgIpc) is 2.94. The Morgan fingerprint density at radius 3 is 2.52 bits per heavy atom. The molecule has 0 N–H and O–H groups in total. The summed E-state index contributed by atoms with van der Waals surface area (Å²) in [6, 6.07) is 9.66. The van der Waals surface area contributed by atoms with E-state index in [1.165, 1.54) is 12.8 Å². The number of hydrogen-bond donors (Lipinski definition) is 0. The van der Waals surface area contributed by atoms with Gasteiger partial charge in [0.1, 0.15) is 5.52 Å². The van der Waals surface area contributed by atoms with Gasteiger partial charge < -0.3 is 9.30 Å². The van der Waals surface area contributed by atoms with Crippen LogP contribution in [0.2, 0.25) is 5.02 Å². The van der Waals surface area contributed by atoms with Crippen molar-refractivity contribution in [3.8, 4) is 11.1 Å². The first-order valence-electron chi connectivity index (χ1n) is 10.7. The van der Waals surface area contributed by atoms with Gasteiger partial charge in [-0.3, -0.25) is 4.79 Å². The van der Waals surface area contributed by atoms with E-state index in [0.29, 0.717) is 28.3 Å². The summed E-state index contributed by atoms with van der Waals surface area (Å²) in [6.07, 6.45) is 8.74. The topological polar surface area (TPSA) is 74.3 Å². The monoisotopic (exact) mass is 437 g/mol. The summed E-state index contributed by atoms with van der Waals surface area (Å²) < 4.78 is 8.92. The van der Waals surface area contributed by atoms with Crippen molar-refractivity contribution in [3.63, 3.8) is 0 Å². The third-order valence-electron chi connectivity index (χ3n) is 6.11. The fourth-order valence-electron chi connectivity index (χ4n) is 4.58. The van der Waals surface area contributed by atoms with E-state index in [4.69, 9.17) is 21.4 Å². The molecule has 1 saturated carbocycles. The second-order valence-corrected chi connectivity index (χ2v) is 8.54. The van der Waals surface area contributed by atoms with Crippen molar-refractivity contribution in [2.45, 2.75) is 51.2 Å². The molecule has 0 aliphatic heterocycles. The van der Waals surface area contributed by atoms with E-state index < -0.39 is 0 Å². The van der Waals surface area contributed by atoms with Gasteiger partial charge in [0.2, 0.25) is 0 Å². The molecule has 8 heteroatoms. The van der Waals surface area contributed by atoms with Crippen LogP contribution in [0.5, 0.6) is 0 Å². The summed E-state index contributed by atoms with van der Waals surface area (Å²) >= 11 is 6.07. The Kier molecular flexibility index (Phi) is 5.46. The van der Waals surface area contributed by atoms with E-state index in [1.54, 1.807) is 11.6 Å². The predicted octanol–water partition coefficient (Wildman–Crippen LogP) is 4.80.